The van der Waals surface area contributed by atoms with E-state index in [9.17, 15) is 9.59 Å². The Morgan fingerprint density at radius 2 is 2.09 bits per heavy atom. The predicted molar refractivity (Wildman–Crippen MR) is 80.6 cm³/mol. The molecule has 112 valence electrons. The van der Waals surface area contributed by atoms with E-state index < -0.39 is 6.10 Å². The van der Waals surface area contributed by atoms with Gasteiger partial charge in [-0.3, -0.25) is 14.6 Å². The Bertz CT molecular complexity index is 716. The topological polar surface area (TPSA) is 80.3 Å². The Hall–Kier alpha value is -2.89. The number of rotatable bonds is 3. The Morgan fingerprint density at radius 1 is 1.32 bits per heavy atom. The number of hydrogen-bond acceptors (Lipinski definition) is 4. The second-order valence-corrected chi connectivity index (χ2v) is 4.97. The minimum atomic E-state index is -0.623. The van der Waals surface area contributed by atoms with Crippen LogP contribution in [-0.4, -0.2) is 22.9 Å². The second kappa shape index (κ2) is 5.85. The van der Waals surface area contributed by atoms with E-state index in [2.05, 4.69) is 15.6 Å². The number of nitrogens with zero attached hydrogens (tertiary/aromatic N) is 1. The molecule has 6 nitrogen and oxygen atoms in total. The molecule has 1 unspecified atom stereocenters. The number of hydrogen-bond donors (Lipinski definition) is 2. The van der Waals surface area contributed by atoms with Crippen LogP contribution in [0.4, 0.5) is 5.69 Å². The molecule has 0 radical (unpaired) electrons. The summed E-state index contributed by atoms with van der Waals surface area (Å²) in [4.78, 5) is 27.9. The number of carbonyl (C=O) groups is 2. The quantitative estimate of drug-likeness (QED) is 0.904. The molecule has 2 N–H and O–H groups in total. The summed E-state index contributed by atoms with van der Waals surface area (Å²) in [5, 5.41) is 5.56. The standard InChI is InChI=1S/C16H15N3O3/c1-10-15(20)19-13-4-2-3-12(14(13)22-10)16(21)18-9-11-5-7-17-8-6-11/h2-8,10H,9H2,1H3,(H,18,21)(H,19,20). The van der Waals surface area contributed by atoms with Gasteiger partial charge in [0.2, 0.25) is 0 Å². The number of ether oxygens (including phenoxy) is 1. The fourth-order valence-corrected chi connectivity index (χ4v) is 2.18. The molecule has 1 aromatic heterocycles. The minimum Gasteiger partial charge on any atom is -0.478 e. The third kappa shape index (κ3) is 2.76. The average molecular weight is 297 g/mol. The van der Waals surface area contributed by atoms with Crippen LogP contribution in [0.2, 0.25) is 0 Å². The van der Waals surface area contributed by atoms with Gasteiger partial charge in [-0.25, -0.2) is 0 Å². The summed E-state index contributed by atoms with van der Waals surface area (Å²) in [6.07, 6.45) is 2.72. The van der Waals surface area contributed by atoms with Gasteiger partial charge in [0.15, 0.2) is 11.9 Å². The Morgan fingerprint density at radius 3 is 2.86 bits per heavy atom. The van der Waals surface area contributed by atoms with Crippen molar-refractivity contribution in [2.45, 2.75) is 19.6 Å². The van der Waals surface area contributed by atoms with Crippen molar-refractivity contribution in [3.63, 3.8) is 0 Å². The van der Waals surface area contributed by atoms with Crippen LogP contribution < -0.4 is 15.4 Å². The molecule has 22 heavy (non-hydrogen) atoms. The zero-order valence-electron chi connectivity index (χ0n) is 12.0. The van der Waals surface area contributed by atoms with Gasteiger partial charge in [0, 0.05) is 18.9 Å². The lowest BCUT2D eigenvalue weighted by Crippen LogP contribution is -2.35. The molecule has 0 bridgehead atoms. The van der Waals surface area contributed by atoms with Crippen molar-refractivity contribution in [1.29, 1.82) is 0 Å². The maximum Gasteiger partial charge on any atom is 0.265 e. The number of nitrogens with one attached hydrogen (secondary N) is 2. The largest absolute Gasteiger partial charge is 0.478 e. The molecule has 3 rings (SSSR count). The number of carbonyl (C=O) groups excluding carboxylic acids is 2. The molecule has 0 saturated heterocycles. The van der Waals surface area contributed by atoms with Crippen molar-refractivity contribution in [2.24, 2.45) is 0 Å². The van der Waals surface area contributed by atoms with E-state index in [1.807, 2.05) is 12.1 Å². The maximum absolute atomic E-state index is 12.4. The molecule has 1 aliphatic heterocycles. The van der Waals surface area contributed by atoms with Gasteiger partial charge < -0.3 is 15.4 Å². The first-order valence-corrected chi connectivity index (χ1v) is 6.93. The van der Waals surface area contributed by atoms with Crippen molar-refractivity contribution < 1.29 is 14.3 Å². The molecule has 2 heterocycles. The zero-order valence-corrected chi connectivity index (χ0v) is 12.0. The van der Waals surface area contributed by atoms with Crippen molar-refractivity contribution in [2.75, 3.05) is 5.32 Å². The van der Waals surface area contributed by atoms with Crippen LogP contribution in [0.5, 0.6) is 5.75 Å². The molecule has 6 heteroatoms. The van der Waals surface area contributed by atoms with E-state index in [1.54, 1.807) is 37.5 Å². The summed E-state index contributed by atoms with van der Waals surface area (Å²) < 4.78 is 5.57. The number of fused-ring (bicyclic) bond motifs is 1. The number of amides is 2. The molecular weight excluding hydrogens is 282 g/mol. The minimum absolute atomic E-state index is 0.221. The highest BCUT2D eigenvalue weighted by Gasteiger charge is 2.27. The van der Waals surface area contributed by atoms with Gasteiger partial charge in [-0.15, -0.1) is 0 Å². The Balaban J connectivity index is 1.79. The van der Waals surface area contributed by atoms with Crippen molar-refractivity contribution >= 4 is 17.5 Å². The smallest absolute Gasteiger partial charge is 0.265 e. The number of anilines is 1. The molecule has 1 aliphatic rings. The fraction of sp³-hybridized carbons (Fsp3) is 0.188. The number of para-hydroxylation sites is 1. The van der Waals surface area contributed by atoms with E-state index in [4.69, 9.17) is 4.74 Å². The van der Waals surface area contributed by atoms with Crippen LogP contribution in [0.3, 0.4) is 0 Å². The lowest BCUT2D eigenvalue weighted by molar-refractivity contribution is -0.122. The fourth-order valence-electron chi connectivity index (χ4n) is 2.18. The number of aromatic nitrogens is 1. The van der Waals surface area contributed by atoms with Gasteiger partial charge in [0.25, 0.3) is 11.8 Å². The summed E-state index contributed by atoms with van der Waals surface area (Å²) in [7, 11) is 0. The molecule has 2 aromatic rings. The van der Waals surface area contributed by atoms with Crippen LogP contribution in [0.1, 0.15) is 22.8 Å². The van der Waals surface area contributed by atoms with E-state index in [1.165, 1.54) is 0 Å². The summed E-state index contributed by atoms with van der Waals surface area (Å²) >= 11 is 0. The summed E-state index contributed by atoms with van der Waals surface area (Å²) in [5.74, 6) is -0.0688. The normalized spacial score (nSPS) is 16.2. The first-order chi connectivity index (χ1) is 10.6. The molecule has 0 fully saturated rings. The second-order valence-electron chi connectivity index (χ2n) is 4.97. The molecule has 0 aliphatic carbocycles. The highest BCUT2D eigenvalue weighted by Crippen LogP contribution is 2.33. The van der Waals surface area contributed by atoms with Gasteiger partial charge >= 0.3 is 0 Å². The molecular formula is C16H15N3O3. The predicted octanol–water partition coefficient (Wildman–Crippen LogP) is 1.73. The van der Waals surface area contributed by atoms with Gasteiger partial charge in [-0.2, -0.15) is 0 Å². The zero-order chi connectivity index (χ0) is 15.5. The van der Waals surface area contributed by atoms with E-state index in [0.29, 0.717) is 23.5 Å². The van der Waals surface area contributed by atoms with Crippen molar-refractivity contribution in [1.82, 2.24) is 10.3 Å². The van der Waals surface area contributed by atoms with Crippen LogP contribution in [0, 0.1) is 0 Å². The molecule has 0 spiro atoms. The van der Waals surface area contributed by atoms with Gasteiger partial charge in [0.1, 0.15) is 0 Å². The van der Waals surface area contributed by atoms with Crippen molar-refractivity contribution in [3.8, 4) is 5.75 Å². The summed E-state index contributed by atoms with van der Waals surface area (Å²) in [6, 6.07) is 8.75. The third-order valence-electron chi connectivity index (χ3n) is 3.38. The maximum atomic E-state index is 12.4. The summed E-state index contributed by atoms with van der Waals surface area (Å²) in [5.41, 5.74) is 1.87. The highest BCUT2D eigenvalue weighted by atomic mass is 16.5. The lowest BCUT2D eigenvalue weighted by Gasteiger charge is -2.25. The molecule has 2 amide bonds. The van der Waals surface area contributed by atoms with E-state index in [0.717, 1.165) is 5.56 Å². The first-order valence-electron chi connectivity index (χ1n) is 6.93. The molecule has 1 atom stereocenters. The van der Waals surface area contributed by atoms with Crippen molar-refractivity contribution in [3.05, 3.63) is 53.9 Å². The van der Waals surface area contributed by atoms with Gasteiger partial charge in [-0.05, 0) is 36.8 Å². The van der Waals surface area contributed by atoms with Crippen LogP contribution in [0.15, 0.2) is 42.7 Å². The Kier molecular flexibility index (Phi) is 3.74. The van der Waals surface area contributed by atoms with E-state index in [-0.39, 0.29) is 11.8 Å². The van der Waals surface area contributed by atoms with Crippen LogP contribution in [0.25, 0.3) is 0 Å². The average Bonchev–Trinajstić information content (AvgIpc) is 2.54. The lowest BCUT2D eigenvalue weighted by atomic mass is 10.1. The van der Waals surface area contributed by atoms with Gasteiger partial charge in [0.05, 0.1) is 11.3 Å². The van der Waals surface area contributed by atoms with Crippen LogP contribution in [-0.2, 0) is 11.3 Å². The van der Waals surface area contributed by atoms with Gasteiger partial charge in [-0.1, -0.05) is 6.07 Å². The number of benzene rings is 1. The third-order valence-corrected chi connectivity index (χ3v) is 3.38. The number of pyridine rings is 1. The molecule has 1 aromatic carbocycles. The Labute approximate surface area is 127 Å². The molecule has 0 saturated carbocycles. The SMILES string of the molecule is CC1Oc2c(cccc2C(=O)NCc2ccncc2)NC1=O. The monoisotopic (exact) mass is 297 g/mol. The first kappa shape index (κ1) is 14.1. The van der Waals surface area contributed by atoms with Crippen LogP contribution >= 0.6 is 0 Å². The van der Waals surface area contributed by atoms with E-state index >= 15 is 0 Å². The summed E-state index contributed by atoms with van der Waals surface area (Å²) in [6.45, 7) is 2.04. The highest BCUT2D eigenvalue weighted by molar-refractivity contribution is 6.03.